The first-order valence-corrected chi connectivity index (χ1v) is 5.96. The zero-order valence-corrected chi connectivity index (χ0v) is 11.9. The van der Waals surface area contributed by atoms with Gasteiger partial charge in [0, 0.05) is 23.8 Å². The minimum absolute atomic E-state index is 0. The van der Waals surface area contributed by atoms with Crippen molar-refractivity contribution in [3.05, 3.63) is 68.5 Å². The molecule has 7 nitrogen and oxygen atoms in total. The summed E-state index contributed by atoms with van der Waals surface area (Å²) in [6, 6.07) is 7.31. The zero-order chi connectivity index (χ0) is 14.7. The normalized spacial score (nSPS) is 9.76. The van der Waals surface area contributed by atoms with Crippen LogP contribution in [0.2, 0.25) is 0 Å². The number of rotatable bonds is 4. The van der Waals surface area contributed by atoms with Gasteiger partial charge in [-0.1, -0.05) is 6.92 Å². The second kappa shape index (κ2) is 6.76. The molecule has 110 valence electrons. The van der Waals surface area contributed by atoms with Gasteiger partial charge in [0.15, 0.2) is 12.4 Å². The molecule has 0 saturated carbocycles. The number of halogens is 1. The fourth-order valence-corrected chi connectivity index (χ4v) is 1.87. The number of hydrogen-bond donors (Lipinski definition) is 0. The summed E-state index contributed by atoms with van der Waals surface area (Å²) in [5.41, 5.74) is 0.723. The lowest BCUT2D eigenvalue weighted by Crippen LogP contribution is -3.00. The average Bonchev–Trinajstić information content (AvgIpc) is 2.46. The van der Waals surface area contributed by atoms with Crippen molar-refractivity contribution in [1.82, 2.24) is 0 Å². The Morgan fingerprint density at radius 1 is 1.14 bits per heavy atom. The highest BCUT2D eigenvalue weighted by atomic mass is 35.5. The molecule has 0 N–H and O–H groups in total. The molecule has 1 aromatic heterocycles. The van der Waals surface area contributed by atoms with E-state index in [-0.39, 0.29) is 23.8 Å². The molecule has 0 fully saturated rings. The van der Waals surface area contributed by atoms with Crippen LogP contribution in [-0.2, 0) is 6.42 Å². The van der Waals surface area contributed by atoms with Crippen molar-refractivity contribution in [2.45, 2.75) is 13.3 Å². The summed E-state index contributed by atoms with van der Waals surface area (Å²) in [6.07, 6.45) is 4.24. The van der Waals surface area contributed by atoms with E-state index in [0.29, 0.717) is 5.69 Å². The monoisotopic (exact) mass is 309 g/mol. The van der Waals surface area contributed by atoms with Crippen LogP contribution in [0.1, 0.15) is 12.5 Å². The average molecular weight is 310 g/mol. The lowest BCUT2D eigenvalue weighted by atomic mass is 10.2. The van der Waals surface area contributed by atoms with Gasteiger partial charge in [-0.3, -0.25) is 20.2 Å². The molecule has 21 heavy (non-hydrogen) atoms. The molecule has 0 aliphatic rings. The van der Waals surface area contributed by atoms with E-state index in [1.54, 1.807) is 23.0 Å². The molecule has 0 bridgehead atoms. The van der Waals surface area contributed by atoms with Gasteiger partial charge in [-0.2, -0.15) is 4.57 Å². The topological polar surface area (TPSA) is 90.2 Å². The van der Waals surface area contributed by atoms with E-state index in [9.17, 15) is 20.2 Å². The molecule has 0 spiro atoms. The van der Waals surface area contributed by atoms with Gasteiger partial charge >= 0.3 is 5.69 Å². The van der Waals surface area contributed by atoms with Gasteiger partial charge in [0.25, 0.3) is 11.4 Å². The maximum atomic E-state index is 11.1. The summed E-state index contributed by atoms with van der Waals surface area (Å²) < 4.78 is 1.60. The molecule has 0 atom stereocenters. The van der Waals surface area contributed by atoms with Gasteiger partial charge in [-0.15, -0.1) is 0 Å². The standard InChI is InChI=1S/C13H12N3O4.ClH/c1-2-10-4-3-7-14(9-10)12-6-5-11(15(17)18)8-13(12)16(19)20;/h3-9H,2H2,1H3;1H/q+1;/p-1. The summed E-state index contributed by atoms with van der Waals surface area (Å²) >= 11 is 0. The van der Waals surface area contributed by atoms with Gasteiger partial charge in [-0.05, 0) is 12.5 Å². The van der Waals surface area contributed by atoms with E-state index in [1.165, 1.54) is 12.1 Å². The van der Waals surface area contributed by atoms with Gasteiger partial charge in [0.05, 0.1) is 9.85 Å². The van der Waals surface area contributed by atoms with Crippen molar-refractivity contribution in [2.75, 3.05) is 0 Å². The Balaban J connectivity index is 0.00000220. The van der Waals surface area contributed by atoms with Crippen molar-refractivity contribution < 1.29 is 26.8 Å². The second-order valence-electron chi connectivity index (χ2n) is 4.16. The number of nitrogens with zero attached hydrogens (tertiary/aromatic N) is 3. The number of aryl methyl sites for hydroxylation is 1. The number of nitro groups is 2. The molecule has 0 aliphatic carbocycles. The smallest absolute Gasteiger partial charge is 0.347 e. The van der Waals surface area contributed by atoms with Crippen molar-refractivity contribution >= 4 is 11.4 Å². The summed E-state index contributed by atoms with van der Waals surface area (Å²) in [4.78, 5) is 20.5. The maximum Gasteiger partial charge on any atom is 0.347 e. The zero-order valence-electron chi connectivity index (χ0n) is 11.1. The van der Waals surface area contributed by atoms with Crippen LogP contribution in [0.4, 0.5) is 11.4 Å². The molecule has 0 amide bonds. The highest BCUT2D eigenvalue weighted by molar-refractivity contribution is 5.53. The van der Waals surface area contributed by atoms with Gasteiger partial charge in [-0.25, -0.2) is 0 Å². The second-order valence-corrected chi connectivity index (χ2v) is 4.16. The molecule has 2 rings (SSSR count). The van der Waals surface area contributed by atoms with Crippen LogP contribution in [-0.4, -0.2) is 9.85 Å². The minimum Gasteiger partial charge on any atom is -1.00 e. The number of benzene rings is 1. The number of aromatic nitrogens is 1. The minimum atomic E-state index is -0.649. The van der Waals surface area contributed by atoms with Crippen LogP contribution in [0.3, 0.4) is 0 Å². The van der Waals surface area contributed by atoms with Crippen LogP contribution in [0.5, 0.6) is 0 Å². The van der Waals surface area contributed by atoms with E-state index in [2.05, 4.69) is 0 Å². The van der Waals surface area contributed by atoms with Crippen LogP contribution in [0, 0.1) is 20.2 Å². The highest BCUT2D eigenvalue weighted by Gasteiger charge is 2.26. The predicted molar refractivity (Wildman–Crippen MR) is 70.7 cm³/mol. The van der Waals surface area contributed by atoms with Crippen LogP contribution >= 0.6 is 0 Å². The maximum absolute atomic E-state index is 11.1. The quantitative estimate of drug-likeness (QED) is 0.426. The number of hydrogen-bond acceptors (Lipinski definition) is 4. The highest BCUT2D eigenvalue weighted by Crippen LogP contribution is 2.24. The van der Waals surface area contributed by atoms with Crippen molar-refractivity contribution in [2.24, 2.45) is 0 Å². The summed E-state index contributed by atoms with van der Waals surface area (Å²) in [6.45, 7) is 1.98. The van der Waals surface area contributed by atoms with E-state index in [0.717, 1.165) is 18.1 Å². The molecule has 1 aromatic carbocycles. The number of pyridine rings is 1. The molecule has 8 heteroatoms. The van der Waals surface area contributed by atoms with E-state index >= 15 is 0 Å². The third-order valence-corrected chi connectivity index (χ3v) is 2.91. The van der Waals surface area contributed by atoms with Crippen LogP contribution < -0.4 is 17.0 Å². The summed E-state index contributed by atoms with van der Waals surface area (Å²) in [5.74, 6) is 0. The third-order valence-electron chi connectivity index (χ3n) is 2.91. The Morgan fingerprint density at radius 2 is 1.86 bits per heavy atom. The Labute approximate surface area is 126 Å². The first-order valence-electron chi connectivity index (χ1n) is 5.96. The Morgan fingerprint density at radius 3 is 2.43 bits per heavy atom. The molecule has 0 radical (unpaired) electrons. The van der Waals surface area contributed by atoms with Crippen LogP contribution in [0.25, 0.3) is 5.69 Å². The number of non-ortho nitro benzene ring substituents is 1. The predicted octanol–water partition coefficient (Wildman–Crippen LogP) is -0.654. The van der Waals surface area contributed by atoms with Crippen molar-refractivity contribution in [3.63, 3.8) is 0 Å². The third kappa shape index (κ3) is 3.51. The molecule has 1 heterocycles. The molecule has 0 saturated heterocycles. The molecule has 0 unspecified atom stereocenters. The van der Waals surface area contributed by atoms with Gasteiger partial charge in [0.1, 0.15) is 6.07 Å². The molecular formula is C13H12ClN3O4. The fourth-order valence-electron chi connectivity index (χ4n) is 1.87. The van der Waals surface area contributed by atoms with Gasteiger partial charge in [0.2, 0.25) is 0 Å². The number of nitro benzene ring substituents is 2. The Kier molecular flexibility index (Phi) is 5.31. The van der Waals surface area contributed by atoms with Crippen molar-refractivity contribution in [3.8, 4) is 5.69 Å². The molecular weight excluding hydrogens is 298 g/mol. The summed E-state index contributed by atoms with van der Waals surface area (Å²) in [7, 11) is 0. The van der Waals surface area contributed by atoms with E-state index in [4.69, 9.17) is 0 Å². The SMILES string of the molecule is CCc1ccc[n+](-c2ccc([N+](=O)[O-])cc2[N+](=O)[O-])c1.[Cl-]. The first-order chi connectivity index (χ1) is 9.52. The first kappa shape index (κ1) is 16.5. The van der Waals surface area contributed by atoms with Crippen molar-refractivity contribution in [1.29, 1.82) is 0 Å². The molecule has 2 aromatic rings. The van der Waals surface area contributed by atoms with Crippen LogP contribution in [0.15, 0.2) is 42.7 Å². The Bertz CT molecular complexity index is 691. The van der Waals surface area contributed by atoms with E-state index in [1.807, 2.05) is 13.0 Å². The largest absolute Gasteiger partial charge is 1.00 e. The molecule has 0 aliphatic heterocycles. The van der Waals surface area contributed by atoms with Gasteiger partial charge < -0.3 is 12.4 Å². The lowest BCUT2D eigenvalue weighted by molar-refractivity contribution is -0.601. The fraction of sp³-hybridized carbons (Fsp3) is 0.154. The van der Waals surface area contributed by atoms with E-state index < -0.39 is 9.85 Å². The Hall–Kier alpha value is -2.54. The summed E-state index contributed by atoms with van der Waals surface area (Å²) in [5, 5.41) is 21.8. The lowest BCUT2D eigenvalue weighted by Gasteiger charge is -1.99.